The first-order chi connectivity index (χ1) is 8.19. The van der Waals surface area contributed by atoms with Crippen molar-refractivity contribution in [2.24, 2.45) is 5.73 Å². The second kappa shape index (κ2) is 5.42. The van der Waals surface area contributed by atoms with E-state index in [0.717, 1.165) is 43.3 Å². The molecule has 5 heteroatoms. The van der Waals surface area contributed by atoms with E-state index in [1.54, 1.807) is 7.11 Å². The Balaban J connectivity index is 2.14. The highest BCUT2D eigenvalue weighted by molar-refractivity contribution is 5.40. The molecule has 1 saturated heterocycles. The fraction of sp³-hybridized carbons (Fsp3) is 0.667. The molecule has 0 unspecified atom stereocenters. The fourth-order valence-corrected chi connectivity index (χ4v) is 2.12. The summed E-state index contributed by atoms with van der Waals surface area (Å²) in [6.45, 7) is 4.40. The highest BCUT2D eigenvalue weighted by Gasteiger charge is 2.18. The maximum Gasteiger partial charge on any atom is 0.132 e. The molecule has 0 saturated carbocycles. The summed E-state index contributed by atoms with van der Waals surface area (Å²) < 4.78 is 5.11. The smallest absolute Gasteiger partial charge is 0.132 e. The van der Waals surface area contributed by atoms with Crippen molar-refractivity contribution in [3.05, 3.63) is 17.6 Å². The van der Waals surface area contributed by atoms with Crippen molar-refractivity contribution in [2.75, 3.05) is 25.1 Å². The van der Waals surface area contributed by atoms with Gasteiger partial charge in [-0.25, -0.2) is 9.97 Å². The van der Waals surface area contributed by atoms with E-state index in [-0.39, 0.29) is 0 Å². The van der Waals surface area contributed by atoms with Crippen molar-refractivity contribution in [1.82, 2.24) is 9.97 Å². The van der Waals surface area contributed by atoms with Gasteiger partial charge in [-0.1, -0.05) is 0 Å². The second-order valence-corrected chi connectivity index (χ2v) is 4.52. The molecule has 0 bridgehead atoms. The van der Waals surface area contributed by atoms with Crippen LogP contribution in [0, 0.1) is 6.92 Å². The van der Waals surface area contributed by atoms with Crippen molar-refractivity contribution < 1.29 is 4.74 Å². The number of hydrogen-bond acceptors (Lipinski definition) is 5. The predicted octanol–water partition coefficient (Wildman–Crippen LogP) is 0.859. The van der Waals surface area contributed by atoms with Gasteiger partial charge in [0.05, 0.1) is 12.3 Å². The zero-order valence-corrected chi connectivity index (χ0v) is 10.5. The molecule has 0 amide bonds. The Bertz CT molecular complexity index is 375. The van der Waals surface area contributed by atoms with Crippen LogP contribution in [0.15, 0.2) is 6.07 Å². The molecule has 5 nitrogen and oxygen atoms in total. The Labute approximate surface area is 102 Å². The van der Waals surface area contributed by atoms with Crippen LogP contribution in [0.1, 0.15) is 24.4 Å². The summed E-state index contributed by atoms with van der Waals surface area (Å²) >= 11 is 0. The van der Waals surface area contributed by atoms with E-state index >= 15 is 0 Å². The highest BCUT2D eigenvalue weighted by Crippen LogP contribution is 2.18. The molecule has 0 radical (unpaired) electrons. The van der Waals surface area contributed by atoms with Gasteiger partial charge in [0, 0.05) is 32.3 Å². The van der Waals surface area contributed by atoms with Crippen molar-refractivity contribution in [2.45, 2.75) is 32.4 Å². The highest BCUT2D eigenvalue weighted by atomic mass is 16.5. The first kappa shape index (κ1) is 12.3. The molecule has 1 aliphatic heterocycles. The summed E-state index contributed by atoms with van der Waals surface area (Å²) in [7, 11) is 1.68. The fourth-order valence-electron chi connectivity index (χ4n) is 2.12. The SMILES string of the molecule is COCc1cc(N2CCC(N)CC2)nc(C)n1. The zero-order valence-electron chi connectivity index (χ0n) is 10.5. The monoisotopic (exact) mass is 236 g/mol. The zero-order chi connectivity index (χ0) is 12.3. The molecule has 0 aromatic carbocycles. The van der Waals surface area contributed by atoms with Gasteiger partial charge in [-0.05, 0) is 19.8 Å². The van der Waals surface area contributed by atoms with Gasteiger partial charge in [0.25, 0.3) is 0 Å². The molecule has 17 heavy (non-hydrogen) atoms. The predicted molar refractivity (Wildman–Crippen MR) is 66.9 cm³/mol. The summed E-state index contributed by atoms with van der Waals surface area (Å²) in [5.74, 6) is 1.79. The van der Waals surface area contributed by atoms with Crippen LogP contribution in [0.2, 0.25) is 0 Å². The molecule has 0 aliphatic carbocycles. The lowest BCUT2D eigenvalue weighted by molar-refractivity contribution is 0.181. The van der Waals surface area contributed by atoms with Gasteiger partial charge < -0.3 is 15.4 Å². The largest absolute Gasteiger partial charge is 0.378 e. The number of nitrogens with two attached hydrogens (primary N) is 1. The van der Waals surface area contributed by atoms with Gasteiger partial charge in [0.15, 0.2) is 0 Å². The van der Waals surface area contributed by atoms with Gasteiger partial charge >= 0.3 is 0 Å². The van der Waals surface area contributed by atoms with Crippen LogP contribution < -0.4 is 10.6 Å². The van der Waals surface area contributed by atoms with Crippen LogP contribution in [0.5, 0.6) is 0 Å². The average Bonchev–Trinajstić information content (AvgIpc) is 2.29. The van der Waals surface area contributed by atoms with Gasteiger partial charge in [0.2, 0.25) is 0 Å². The molecule has 1 aromatic heterocycles. The van der Waals surface area contributed by atoms with E-state index in [9.17, 15) is 0 Å². The molecule has 1 aliphatic rings. The Kier molecular flexibility index (Phi) is 3.91. The maximum absolute atomic E-state index is 5.90. The number of nitrogens with zero attached hydrogens (tertiary/aromatic N) is 3. The molecule has 0 spiro atoms. The summed E-state index contributed by atoms with van der Waals surface area (Å²) in [5, 5.41) is 0. The Morgan fingerprint density at radius 2 is 2.12 bits per heavy atom. The number of anilines is 1. The van der Waals surface area contributed by atoms with E-state index in [2.05, 4.69) is 14.9 Å². The molecule has 2 N–H and O–H groups in total. The maximum atomic E-state index is 5.90. The molecule has 1 aromatic rings. The van der Waals surface area contributed by atoms with E-state index in [1.165, 1.54) is 0 Å². The minimum absolute atomic E-state index is 0.340. The number of aromatic nitrogens is 2. The lowest BCUT2D eigenvalue weighted by Crippen LogP contribution is -2.40. The first-order valence-electron chi connectivity index (χ1n) is 6.03. The quantitative estimate of drug-likeness (QED) is 0.843. The van der Waals surface area contributed by atoms with E-state index in [0.29, 0.717) is 12.6 Å². The Morgan fingerprint density at radius 3 is 2.76 bits per heavy atom. The van der Waals surface area contributed by atoms with Gasteiger partial charge in [-0.3, -0.25) is 0 Å². The van der Waals surface area contributed by atoms with Crippen LogP contribution in [0.4, 0.5) is 5.82 Å². The second-order valence-electron chi connectivity index (χ2n) is 4.52. The van der Waals surface area contributed by atoms with E-state index in [1.807, 2.05) is 13.0 Å². The van der Waals surface area contributed by atoms with Crippen molar-refractivity contribution >= 4 is 5.82 Å². The van der Waals surface area contributed by atoms with Gasteiger partial charge in [-0.15, -0.1) is 0 Å². The lowest BCUT2D eigenvalue weighted by Gasteiger charge is -2.31. The molecule has 2 heterocycles. The topological polar surface area (TPSA) is 64.3 Å². The third-order valence-electron chi connectivity index (χ3n) is 3.03. The number of hydrogen-bond donors (Lipinski definition) is 1. The molecule has 2 rings (SSSR count). The Morgan fingerprint density at radius 1 is 1.41 bits per heavy atom. The summed E-state index contributed by atoms with van der Waals surface area (Å²) in [5.41, 5.74) is 6.84. The van der Waals surface area contributed by atoms with Crippen molar-refractivity contribution in [3.63, 3.8) is 0 Å². The van der Waals surface area contributed by atoms with Crippen LogP contribution in [-0.4, -0.2) is 36.2 Å². The number of piperidine rings is 1. The summed E-state index contributed by atoms with van der Waals surface area (Å²) in [4.78, 5) is 11.1. The van der Waals surface area contributed by atoms with Crippen LogP contribution >= 0.6 is 0 Å². The van der Waals surface area contributed by atoms with Crippen LogP contribution in [0.25, 0.3) is 0 Å². The van der Waals surface area contributed by atoms with E-state index in [4.69, 9.17) is 10.5 Å². The molecule has 0 atom stereocenters. The average molecular weight is 236 g/mol. The minimum Gasteiger partial charge on any atom is -0.378 e. The molecular formula is C12H20N4O. The standard InChI is InChI=1S/C12H20N4O/c1-9-14-11(8-17-2)7-12(15-9)16-5-3-10(13)4-6-16/h7,10H,3-6,8,13H2,1-2H3. The molecular weight excluding hydrogens is 216 g/mol. The number of rotatable bonds is 3. The molecule has 94 valence electrons. The number of aryl methyl sites for hydroxylation is 1. The van der Waals surface area contributed by atoms with Crippen molar-refractivity contribution in [1.29, 1.82) is 0 Å². The molecule has 1 fully saturated rings. The van der Waals surface area contributed by atoms with Crippen LogP contribution in [-0.2, 0) is 11.3 Å². The van der Waals surface area contributed by atoms with Gasteiger partial charge in [0.1, 0.15) is 11.6 Å². The van der Waals surface area contributed by atoms with Crippen molar-refractivity contribution in [3.8, 4) is 0 Å². The minimum atomic E-state index is 0.340. The summed E-state index contributed by atoms with van der Waals surface area (Å²) in [6.07, 6.45) is 2.06. The first-order valence-corrected chi connectivity index (χ1v) is 6.03. The van der Waals surface area contributed by atoms with Gasteiger partial charge in [-0.2, -0.15) is 0 Å². The van der Waals surface area contributed by atoms with Crippen LogP contribution in [0.3, 0.4) is 0 Å². The van der Waals surface area contributed by atoms with E-state index < -0.39 is 0 Å². The Hall–Kier alpha value is -1.20. The third-order valence-corrected chi connectivity index (χ3v) is 3.03. The summed E-state index contributed by atoms with van der Waals surface area (Å²) in [6, 6.07) is 2.35. The number of methoxy groups -OCH3 is 1. The lowest BCUT2D eigenvalue weighted by atomic mass is 10.1. The third kappa shape index (κ3) is 3.14. The number of ether oxygens (including phenoxy) is 1. The normalized spacial score (nSPS) is 17.5.